The van der Waals surface area contributed by atoms with Crippen LogP contribution in [0.5, 0.6) is 28.7 Å². The zero-order valence-electron chi connectivity index (χ0n) is 14.5. The van der Waals surface area contributed by atoms with E-state index in [1.54, 1.807) is 0 Å². The van der Waals surface area contributed by atoms with Gasteiger partial charge >= 0.3 is 0 Å². The summed E-state index contributed by atoms with van der Waals surface area (Å²) in [5, 5.41) is 0. The molecule has 0 aromatic heterocycles. The standard InChI is InChI=1S/C20H18O7/c1-3-15-17(25-9-23-15)5-11(1)19-13-7-22-20(14(13)8-21-19)27-12-2-4-16-18(6-12)26-10-24-16/h1-6,13-14,19-20H,7-10H2/t13-,14-,19?,20+/m0/s1. The van der Waals surface area contributed by atoms with E-state index < -0.39 is 0 Å². The van der Waals surface area contributed by atoms with Gasteiger partial charge in [0.05, 0.1) is 25.2 Å². The van der Waals surface area contributed by atoms with Crippen molar-refractivity contribution in [2.75, 3.05) is 26.8 Å². The molecule has 4 aliphatic heterocycles. The van der Waals surface area contributed by atoms with Gasteiger partial charge in [-0.2, -0.15) is 0 Å². The van der Waals surface area contributed by atoms with Gasteiger partial charge in [0.15, 0.2) is 23.0 Å². The van der Waals surface area contributed by atoms with Gasteiger partial charge in [-0.3, -0.25) is 0 Å². The number of fused-ring (bicyclic) bond motifs is 3. The minimum absolute atomic E-state index is 0.0325. The van der Waals surface area contributed by atoms with Crippen LogP contribution in [0.25, 0.3) is 0 Å². The SMILES string of the molecule is c1cc2c(cc1O[C@H]1OC[C@@H]3C(c4ccc5c(c4)OCO5)OC[C@H]13)OCO2. The molecular formula is C20H18O7. The number of benzene rings is 2. The highest BCUT2D eigenvalue weighted by Crippen LogP contribution is 2.47. The smallest absolute Gasteiger partial charge is 0.231 e. The summed E-state index contributed by atoms with van der Waals surface area (Å²) in [6.07, 6.45) is -0.371. The van der Waals surface area contributed by atoms with Crippen molar-refractivity contribution in [3.8, 4) is 28.7 Å². The topological polar surface area (TPSA) is 64.6 Å². The van der Waals surface area contributed by atoms with E-state index in [0.29, 0.717) is 24.7 Å². The molecule has 0 bridgehead atoms. The maximum Gasteiger partial charge on any atom is 0.231 e. The van der Waals surface area contributed by atoms with Crippen molar-refractivity contribution in [2.24, 2.45) is 11.8 Å². The fraction of sp³-hybridized carbons (Fsp3) is 0.400. The second kappa shape index (κ2) is 5.94. The molecule has 0 N–H and O–H groups in total. The molecule has 4 atom stereocenters. The normalized spacial score (nSPS) is 29.8. The molecule has 7 heteroatoms. The second-order valence-corrected chi connectivity index (χ2v) is 7.03. The molecule has 27 heavy (non-hydrogen) atoms. The number of hydrogen-bond acceptors (Lipinski definition) is 7. The van der Waals surface area contributed by atoms with E-state index in [4.69, 9.17) is 33.2 Å². The molecule has 2 aromatic carbocycles. The number of ether oxygens (including phenoxy) is 7. The first-order valence-corrected chi connectivity index (χ1v) is 9.04. The van der Waals surface area contributed by atoms with Crippen molar-refractivity contribution in [1.82, 2.24) is 0 Å². The second-order valence-electron chi connectivity index (χ2n) is 7.03. The molecule has 0 aliphatic carbocycles. The largest absolute Gasteiger partial charge is 0.464 e. The zero-order valence-corrected chi connectivity index (χ0v) is 14.5. The van der Waals surface area contributed by atoms with Gasteiger partial charge in [0.1, 0.15) is 5.75 Å². The summed E-state index contributed by atoms with van der Waals surface area (Å²) in [4.78, 5) is 0. The molecule has 7 nitrogen and oxygen atoms in total. The summed E-state index contributed by atoms with van der Waals surface area (Å²) in [6.45, 7) is 1.71. The Bertz CT molecular complexity index is 883. The van der Waals surface area contributed by atoms with Gasteiger partial charge in [0.25, 0.3) is 0 Å². The average Bonchev–Trinajstić information content (AvgIpc) is 3.46. The summed E-state index contributed by atoms with van der Waals surface area (Å²) >= 11 is 0. The molecule has 0 radical (unpaired) electrons. The Balaban J connectivity index is 1.19. The van der Waals surface area contributed by atoms with E-state index in [9.17, 15) is 0 Å². The van der Waals surface area contributed by atoms with Crippen LogP contribution in [0.2, 0.25) is 0 Å². The van der Waals surface area contributed by atoms with E-state index in [0.717, 1.165) is 22.8 Å². The molecule has 4 heterocycles. The van der Waals surface area contributed by atoms with E-state index in [2.05, 4.69) is 0 Å². The van der Waals surface area contributed by atoms with Crippen LogP contribution in [0.15, 0.2) is 36.4 Å². The molecule has 0 saturated carbocycles. The predicted molar refractivity (Wildman–Crippen MR) is 91.2 cm³/mol. The quantitative estimate of drug-likeness (QED) is 0.823. The summed E-state index contributed by atoms with van der Waals surface area (Å²) in [5.74, 6) is 4.10. The molecule has 2 aromatic rings. The third-order valence-electron chi connectivity index (χ3n) is 5.53. The lowest BCUT2D eigenvalue weighted by Crippen LogP contribution is -2.26. The van der Waals surface area contributed by atoms with Crippen LogP contribution in [-0.4, -0.2) is 33.1 Å². The number of hydrogen-bond donors (Lipinski definition) is 0. The van der Waals surface area contributed by atoms with Crippen LogP contribution in [0.4, 0.5) is 0 Å². The van der Waals surface area contributed by atoms with Crippen LogP contribution < -0.4 is 23.7 Å². The Morgan fingerprint density at radius 3 is 2.26 bits per heavy atom. The molecule has 140 valence electrons. The summed E-state index contributed by atoms with van der Waals surface area (Å²) < 4.78 is 39.8. The maximum absolute atomic E-state index is 6.11. The van der Waals surface area contributed by atoms with Gasteiger partial charge in [-0.15, -0.1) is 0 Å². The van der Waals surface area contributed by atoms with Gasteiger partial charge < -0.3 is 33.2 Å². The molecule has 4 aliphatic rings. The Morgan fingerprint density at radius 2 is 1.41 bits per heavy atom. The molecule has 1 unspecified atom stereocenters. The third-order valence-corrected chi connectivity index (χ3v) is 5.53. The van der Waals surface area contributed by atoms with Gasteiger partial charge in [-0.25, -0.2) is 0 Å². The van der Waals surface area contributed by atoms with Crippen LogP contribution in [-0.2, 0) is 9.47 Å². The molecule has 2 saturated heterocycles. The highest BCUT2D eigenvalue weighted by molar-refractivity contribution is 5.47. The summed E-state index contributed by atoms with van der Waals surface area (Å²) in [6, 6.07) is 11.5. The molecular weight excluding hydrogens is 352 g/mol. The first kappa shape index (κ1) is 15.4. The Labute approximate surface area is 155 Å². The van der Waals surface area contributed by atoms with Crippen molar-refractivity contribution in [2.45, 2.75) is 12.4 Å². The van der Waals surface area contributed by atoms with Crippen molar-refractivity contribution in [3.05, 3.63) is 42.0 Å². The Kier molecular flexibility index (Phi) is 3.39. The Hall–Kier alpha value is -2.64. The summed E-state index contributed by atoms with van der Waals surface area (Å²) in [7, 11) is 0. The monoisotopic (exact) mass is 370 g/mol. The highest BCUT2D eigenvalue weighted by Gasteiger charge is 2.49. The van der Waals surface area contributed by atoms with Crippen LogP contribution >= 0.6 is 0 Å². The number of rotatable bonds is 3. The van der Waals surface area contributed by atoms with Gasteiger partial charge in [-0.1, -0.05) is 6.07 Å². The van der Waals surface area contributed by atoms with Gasteiger partial charge in [0, 0.05) is 12.0 Å². The minimum Gasteiger partial charge on any atom is -0.464 e. The van der Waals surface area contributed by atoms with Crippen LogP contribution in [0.1, 0.15) is 11.7 Å². The maximum atomic E-state index is 6.11. The van der Waals surface area contributed by atoms with Crippen molar-refractivity contribution in [1.29, 1.82) is 0 Å². The lowest BCUT2D eigenvalue weighted by molar-refractivity contribution is -0.0788. The van der Waals surface area contributed by atoms with Gasteiger partial charge in [-0.05, 0) is 29.8 Å². The van der Waals surface area contributed by atoms with Gasteiger partial charge in [0.2, 0.25) is 19.9 Å². The van der Waals surface area contributed by atoms with Crippen LogP contribution in [0, 0.1) is 11.8 Å². The fourth-order valence-corrected chi connectivity index (χ4v) is 4.15. The molecule has 0 amide bonds. The Morgan fingerprint density at radius 1 is 0.704 bits per heavy atom. The minimum atomic E-state index is -0.339. The lowest BCUT2D eigenvalue weighted by atomic mass is 9.89. The predicted octanol–water partition coefficient (Wildman–Crippen LogP) is 2.88. The highest BCUT2D eigenvalue weighted by atomic mass is 16.7. The average molecular weight is 370 g/mol. The van der Waals surface area contributed by atoms with E-state index in [1.165, 1.54) is 0 Å². The third kappa shape index (κ3) is 2.49. The van der Waals surface area contributed by atoms with Crippen molar-refractivity contribution < 1.29 is 33.2 Å². The molecule has 2 fully saturated rings. The molecule has 0 spiro atoms. The zero-order chi connectivity index (χ0) is 17.8. The van der Waals surface area contributed by atoms with E-state index >= 15 is 0 Å². The fourth-order valence-electron chi connectivity index (χ4n) is 4.15. The van der Waals surface area contributed by atoms with Crippen molar-refractivity contribution in [3.63, 3.8) is 0 Å². The first-order chi connectivity index (χ1) is 13.3. The molecule has 6 rings (SSSR count). The van der Waals surface area contributed by atoms with E-state index in [-0.39, 0.29) is 37.8 Å². The summed E-state index contributed by atoms with van der Waals surface area (Å²) in [5.41, 5.74) is 1.08. The van der Waals surface area contributed by atoms with E-state index in [1.807, 2.05) is 36.4 Å². The first-order valence-electron chi connectivity index (χ1n) is 9.04. The van der Waals surface area contributed by atoms with Crippen LogP contribution in [0.3, 0.4) is 0 Å². The lowest BCUT2D eigenvalue weighted by Gasteiger charge is -2.18. The van der Waals surface area contributed by atoms with Crippen molar-refractivity contribution >= 4 is 0 Å².